The van der Waals surface area contributed by atoms with Gasteiger partial charge in [-0.3, -0.25) is 9.69 Å². The Hall–Kier alpha value is -0.790. The molecule has 0 bridgehead atoms. The van der Waals surface area contributed by atoms with Gasteiger partial charge in [0, 0.05) is 26.3 Å². The lowest BCUT2D eigenvalue weighted by Crippen LogP contribution is -2.50. The number of hydrogen-bond donors (Lipinski definition) is 2. The summed E-state index contributed by atoms with van der Waals surface area (Å²) in [6.45, 7) is 6.21. The smallest absolute Gasteiger partial charge is 0.227 e. The summed E-state index contributed by atoms with van der Waals surface area (Å²) >= 11 is 0. The van der Waals surface area contributed by atoms with Crippen LogP contribution in [0.2, 0.25) is 0 Å². The van der Waals surface area contributed by atoms with E-state index in [4.69, 9.17) is 14.9 Å². The largest absolute Gasteiger partial charge is 0.465 e. The first-order valence-corrected chi connectivity index (χ1v) is 9.01. The topological polar surface area (TPSA) is 80.7 Å². The van der Waals surface area contributed by atoms with Crippen LogP contribution in [-0.4, -0.2) is 50.2 Å². The Balaban J connectivity index is 0.00000169. The van der Waals surface area contributed by atoms with Crippen molar-refractivity contribution in [1.29, 1.82) is 0 Å². The summed E-state index contributed by atoms with van der Waals surface area (Å²) < 4.78 is 11.2. The first-order chi connectivity index (χ1) is 11.6. The first-order valence-electron chi connectivity index (χ1n) is 9.01. The summed E-state index contributed by atoms with van der Waals surface area (Å²) in [6, 6.07) is 4.11. The summed E-state index contributed by atoms with van der Waals surface area (Å²) in [5, 5.41) is 3.15. The van der Waals surface area contributed by atoms with Crippen LogP contribution in [0.25, 0.3) is 0 Å². The Morgan fingerprint density at radius 3 is 2.46 bits per heavy atom. The van der Waals surface area contributed by atoms with Gasteiger partial charge < -0.3 is 20.2 Å². The van der Waals surface area contributed by atoms with Gasteiger partial charge in [0.15, 0.2) is 0 Å². The molecular formula is C18H31Cl2N3O3. The van der Waals surface area contributed by atoms with Gasteiger partial charge in [-0.05, 0) is 57.8 Å². The van der Waals surface area contributed by atoms with E-state index in [-0.39, 0.29) is 36.8 Å². The fraction of sp³-hybridized carbons (Fsp3) is 0.722. The Bertz CT molecular complexity index is 556. The first kappa shape index (κ1) is 23.2. The van der Waals surface area contributed by atoms with Crippen molar-refractivity contribution < 1.29 is 13.9 Å². The molecule has 1 atom stereocenters. The number of aryl methyl sites for hydroxylation is 1. The fourth-order valence-corrected chi connectivity index (χ4v) is 3.76. The van der Waals surface area contributed by atoms with Crippen molar-refractivity contribution in [2.24, 2.45) is 11.1 Å². The molecule has 150 valence electrons. The highest BCUT2D eigenvalue weighted by Gasteiger charge is 2.39. The molecule has 0 saturated carbocycles. The molecule has 3 heterocycles. The van der Waals surface area contributed by atoms with Crippen molar-refractivity contribution in [2.45, 2.75) is 38.6 Å². The standard InChI is InChI=1S/C18H29N3O3.2ClH/c1-14-4-5-16(24-14)15(21-8-2-3-9-21)12-20-17(22)18(13-19)6-10-23-11-7-18;;/h4-5,15H,2-3,6-13,19H2,1H3,(H,20,22);2*1H. The molecule has 1 unspecified atom stereocenters. The van der Waals surface area contributed by atoms with E-state index in [1.807, 2.05) is 19.1 Å². The molecular weight excluding hydrogens is 377 g/mol. The maximum atomic E-state index is 12.8. The molecule has 3 rings (SSSR count). The third-order valence-corrected chi connectivity index (χ3v) is 5.45. The van der Waals surface area contributed by atoms with Gasteiger partial charge in [-0.2, -0.15) is 0 Å². The van der Waals surface area contributed by atoms with Crippen LogP contribution in [0.4, 0.5) is 0 Å². The van der Waals surface area contributed by atoms with Crippen LogP contribution in [0.3, 0.4) is 0 Å². The Morgan fingerprint density at radius 1 is 1.27 bits per heavy atom. The Kier molecular flexibility index (Phi) is 9.41. The van der Waals surface area contributed by atoms with Crippen molar-refractivity contribution in [2.75, 3.05) is 39.4 Å². The van der Waals surface area contributed by atoms with E-state index in [1.165, 1.54) is 12.8 Å². The summed E-state index contributed by atoms with van der Waals surface area (Å²) in [7, 11) is 0. The van der Waals surface area contributed by atoms with E-state index >= 15 is 0 Å². The summed E-state index contributed by atoms with van der Waals surface area (Å²) in [6.07, 6.45) is 3.80. The quantitative estimate of drug-likeness (QED) is 0.756. The number of rotatable bonds is 6. The summed E-state index contributed by atoms with van der Waals surface area (Å²) in [5.74, 6) is 1.90. The van der Waals surface area contributed by atoms with E-state index in [9.17, 15) is 4.79 Å². The maximum absolute atomic E-state index is 12.8. The van der Waals surface area contributed by atoms with E-state index in [0.29, 0.717) is 39.1 Å². The Morgan fingerprint density at radius 2 is 1.92 bits per heavy atom. The van der Waals surface area contributed by atoms with Crippen molar-refractivity contribution in [3.8, 4) is 0 Å². The van der Waals surface area contributed by atoms with Crippen LogP contribution in [-0.2, 0) is 9.53 Å². The molecule has 6 nitrogen and oxygen atoms in total. The molecule has 8 heteroatoms. The molecule has 1 aromatic rings. The van der Waals surface area contributed by atoms with E-state index in [0.717, 1.165) is 24.6 Å². The number of carbonyl (C=O) groups is 1. The maximum Gasteiger partial charge on any atom is 0.227 e. The van der Waals surface area contributed by atoms with Gasteiger partial charge in [0.2, 0.25) is 5.91 Å². The van der Waals surface area contributed by atoms with Crippen LogP contribution in [0, 0.1) is 12.3 Å². The average Bonchev–Trinajstić information content (AvgIpc) is 3.28. The van der Waals surface area contributed by atoms with Gasteiger partial charge in [-0.25, -0.2) is 0 Å². The zero-order chi connectivity index (χ0) is 17.0. The van der Waals surface area contributed by atoms with Crippen LogP contribution in [0.15, 0.2) is 16.5 Å². The lowest BCUT2D eigenvalue weighted by molar-refractivity contribution is -0.136. The highest BCUT2D eigenvalue weighted by molar-refractivity contribution is 5.85. The highest BCUT2D eigenvalue weighted by Crippen LogP contribution is 2.31. The van der Waals surface area contributed by atoms with Crippen molar-refractivity contribution in [3.05, 3.63) is 23.7 Å². The predicted octanol–water partition coefficient (Wildman–Crippen LogP) is 2.44. The number of nitrogens with zero attached hydrogens (tertiary/aromatic N) is 1. The number of nitrogens with one attached hydrogen (secondary N) is 1. The number of furan rings is 1. The van der Waals surface area contributed by atoms with Crippen molar-refractivity contribution >= 4 is 30.7 Å². The molecule has 1 amide bonds. The second kappa shape index (κ2) is 10.5. The number of halogens is 2. The SMILES string of the molecule is Cc1ccc(C(CNC(=O)C2(CN)CCOCC2)N2CCCC2)o1.Cl.Cl. The molecule has 3 N–H and O–H groups in total. The number of likely N-dealkylation sites (tertiary alicyclic amines) is 1. The minimum atomic E-state index is -0.479. The molecule has 26 heavy (non-hydrogen) atoms. The lowest BCUT2D eigenvalue weighted by Gasteiger charge is -2.35. The Labute approximate surface area is 168 Å². The average molecular weight is 408 g/mol. The molecule has 0 radical (unpaired) electrons. The van der Waals surface area contributed by atoms with Crippen LogP contribution < -0.4 is 11.1 Å². The summed E-state index contributed by atoms with van der Waals surface area (Å²) in [5.41, 5.74) is 5.46. The second-order valence-electron chi connectivity index (χ2n) is 7.01. The van der Waals surface area contributed by atoms with Crippen LogP contribution in [0.1, 0.15) is 43.2 Å². The number of nitrogens with two attached hydrogens (primary N) is 1. The van der Waals surface area contributed by atoms with Gasteiger partial charge in [-0.1, -0.05) is 0 Å². The minimum absolute atomic E-state index is 0. The molecule has 2 saturated heterocycles. The molecule has 0 aliphatic carbocycles. The van der Waals surface area contributed by atoms with Crippen LogP contribution in [0.5, 0.6) is 0 Å². The number of amides is 1. The van der Waals surface area contributed by atoms with Gasteiger partial charge in [0.05, 0.1) is 11.5 Å². The normalized spacial score (nSPS) is 20.7. The van der Waals surface area contributed by atoms with E-state index < -0.39 is 5.41 Å². The number of ether oxygens (including phenoxy) is 1. The van der Waals surface area contributed by atoms with Gasteiger partial charge in [0.1, 0.15) is 11.5 Å². The molecule has 1 aromatic heterocycles. The molecule has 0 spiro atoms. The van der Waals surface area contributed by atoms with Gasteiger partial charge in [0.25, 0.3) is 0 Å². The monoisotopic (exact) mass is 407 g/mol. The summed E-state index contributed by atoms with van der Waals surface area (Å²) in [4.78, 5) is 15.2. The van der Waals surface area contributed by atoms with Crippen LogP contribution >= 0.6 is 24.8 Å². The lowest BCUT2D eigenvalue weighted by atomic mass is 9.79. The number of carbonyl (C=O) groups excluding carboxylic acids is 1. The third kappa shape index (κ3) is 5.14. The minimum Gasteiger partial charge on any atom is -0.465 e. The van der Waals surface area contributed by atoms with E-state index in [2.05, 4.69) is 10.2 Å². The van der Waals surface area contributed by atoms with Crippen molar-refractivity contribution in [3.63, 3.8) is 0 Å². The highest BCUT2D eigenvalue weighted by atomic mass is 35.5. The molecule has 2 aliphatic heterocycles. The number of hydrogen-bond acceptors (Lipinski definition) is 5. The van der Waals surface area contributed by atoms with Gasteiger partial charge in [-0.15, -0.1) is 24.8 Å². The molecule has 2 fully saturated rings. The van der Waals surface area contributed by atoms with Gasteiger partial charge >= 0.3 is 0 Å². The zero-order valence-electron chi connectivity index (χ0n) is 15.4. The third-order valence-electron chi connectivity index (χ3n) is 5.45. The second-order valence-corrected chi connectivity index (χ2v) is 7.01. The fourth-order valence-electron chi connectivity index (χ4n) is 3.76. The molecule has 0 aromatic carbocycles. The van der Waals surface area contributed by atoms with Crippen molar-refractivity contribution in [1.82, 2.24) is 10.2 Å². The molecule has 2 aliphatic rings. The zero-order valence-corrected chi connectivity index (χ0v) is 17.0. The predicted molar refractivity (Wildman–Crippen MR) is 106 cm³/mol. The van der Waals surface area contributed by atoms with E-state index in [1.54, 1.807) is 0 Å².